The van der Waals surface area contributed by atoms with Gasteiger partial charge in [0.25, 0.3) is 5.91 Å². The number of anilines is 2. The average molecular weight is 419 g/mol. The molecule has 0 saturated carbocycles. The van der Waals surface area contributed by atoms with E-state index in [1.807, 2.05) is 0 Å². The number of amides is 2. The first kappa shape index (κ1) is 18.3. The molecular formula is C16H14Cl3N3O2S. The molecule has 0 aliphatic carbocycles. The van der Waals surface area contributed by atoms with Crippen LogP contribution in [0, 0.1) is 0 Å². The Morgan fingerprint density at radius 2 is 1.88 bits per heavy atom. The Kier molecular flexibility index (Phi) is 5.43. The summed E-state index contributed by atoms with van der Waals surface area (Å²) < 4.78 is 0.537. The van der Waals surface area contributed by atoms with E-state index in [1.165, 1.54) is 23.5 Å². The topological polar surface area (TPSA) is 75.4 Å². The van der Waals surface area contributed by atoms with Gasteiger partial charge in [0.15, 0.2) is 0 Å². The van der Waals surface area contributed by atoms with Crippen LogP contribution in [0.3, 0.4) is 0 Å². The number of likely N-dealkylation sites (tertiary alicyclic amines) is 1. The second-order valence-corrected chi connectivity index (χ2v) is 8.13. The van der Waals surface area contributed by atoms with Crippen LogP contribution in [0.1, 0.15) is 22.5 Å². The number of benzene rings is 1. The predicted octanol–water partition coefficient (Wildman–Crippen LogP) is 4.53. The number of carbonyl (C=O) groups is 2. The normalized spacial score (nSPS) is 16.9. The first-order valence-electron chi connectivity index (χ1n) is 7.48. The van der Waals surface area contributed by atoms with Crippen LogP contribution in [0.5, 0.6) is 0 Å². The lowest BCUT2D eigenvalue weighted by Gasteiger charge is -2.23. The molecule has 1 fully saturated rings. The number of nitrogens with two attached hydrogens (primary N) is 1. The minimum absolute atomic E-state index is 0.192. The smallest absolute Gasteiger partial charge is 0.264 e. The Balaban J connectivity index is 1.76. The Bertz CT molecular complexity index is 817. The van der Waals surface area contributed by atoms with Crippen LogP contribution < -0.4 is 11.1 Å². The lowest BCUT2D eigenvalue weighted by atomic mass is 10.2. The summed E-state index contributed by atoms with van der Waals surface area (Å²) in [6, 6.07) is 5.84. The minimum atomic E-state index is -0.552. The van der Waals surface area contributed by atoms with Crippen molar-refractivity contribution < 1.29 is 9.59 Å². The standard InChI is InChI=1S/C16H14Cl3N3O2S/c17-9-6-8(7-10(18)14(9)20)21-15(23)11-2-1-5-22(11)16(24)12-3-4-13(19)25-12/h3-4,6-7,11H,1-2,5,20H2,(H,21,23)/t11-/m1/s1. The summed E-state index contributed by atoms with van der Waals surface area (Å²) in [5.74, 6) is -0.478. The van der Waals surface area contributed by atoms with Gasteiger partial charge < -0.3 is 16.0 Å². The van der Waals surface area contributed by atoms with E-state index in [1.54, 1.807) is 17.0 Å². The number of hydrogen-bond acceptors (Lipinski definition) is 4. The zero-order chi connectivity index (χ0) is 18.1. The zero-order valence-corrected chi connectivity index (χ0v) is 16.0. The molecule has 0 bridgehead atoms. The van der Waals surface area contributed by atoms with E-state index < -0.39 is 6.04 Å². The van der Waals surface area contributed by atoms with Crippen LogP contribution in [-0.4, -0.2) is 29.3 Å². The monoisotopic (exact) mass is 417 g/mol. The molecule has 0 unspecified atom stereocenters. The highest BCUT2D eigenvalue weighted by atomic mass is 35.5. The fourth-order valence-corrected chi connectivity index (χ4v) is 4.22. The Labute approximate surface area is 163 Å². The molecule has 3 N–H and O–H groups in total. The van der Waals surface area contributed by atoms with Crippen molar-refractivity contribution >= 4 is 69.3 Å². The quantitative estimate of drug-likeness (QED) is 0.719. The molecular weight excluding hydrogens is 405 g/mol. The largest absolute Gasteiger partial charge is 0.396 e. The van der Waals surface area contributed by atoms with E-state index in [2.05, 4.69) is 5.32 Å². The van der Waals surface area contributed by atoms with Crippen LogP contribution in [0.25, 0.3) is 0 Å². The number of thiophene rings is 1. The maximum atomic E-state index is 12.6. The van der Waals surface area contributed by atoms with Crippen LogP contribution in [0.2, 0.25) is 14.4 Å². The van der Waals surface area contributed by atoms with Crippen molar-refractivity contribution in [1.29, 1.82) is 0 Å². The second kappa shape index (κ2) is 7.41. The van der Waals surface area contributed by atoms with Gasteiger partial charge in [0, 0.05) is 12.2 Å². The summed E-state index contributed by atoms with van der Waals surface area (Å²) in [5, 5.41) is 3.27. The molecule has 5 nitrogen and oxygen atoms in total. The molecule has 132 valence electrons. The summed E-state index contributed by atoms with van der Waals surface area (Å²) >= 11 is 19.1. The number of nitrogens with one attached hydrogen (secondary N) is 1. The number of rotatable bonds is 3. The van der Waals surface area contributed by atoms with Gasteiger partial charge in [0.2, 0.25) is 5.91 Å². The van der Waals surface area contributed by atoms with Crippen LogP contribution >= 0.6 is 46.1 Å². The zero-order valence-electron chi connectivity index (χ0n) is 12.9. The number of nitrogens with zero attached hydrogens (tertiary/aromatic N) is 1. The van der Waals surface area contributed by atoms with Crippen molar-refractivity contribution in [3.8, 4) is 0 Å². The summed E-state index contributed by atoms with van der Waals surface area (Å²) in [4.78, 5) is 27.3. The van der Waals surface area contributed by atoms with E-state index in [4.69, 9.17) is 40.5 Å². The van der Waals surface area contributed by atoms with Gasteiger partial charge in [-0.1, -0.05) is 34.8 Å². The van der Waals surface area contributed by atoms with Gasteiger partial charge in [-0.15, -0.1) is 11.3 Å². The van der Waals surface area contributed by atoms with E-state index in [0.29, 0.717) is 27.9 Å². The first-order chi connectivity index (χ1) is 11.9. The van der Waals surface area contributed by atoms with Gasteiger partial charge in [-0.25, -0.2) is 0 Å². The van der Waals surface area contributed by atoms with Crippen molar-refractivity contribution in [1.82, 2.24) is 4.90 Å². The maximum absolute atomic E-state index is 12.6. The predicted molar refractivity (Wildman–Crippen MR) is 103 cm³/mol. The molecule has 1 aliphatic rings. The highest BCUT2D eigenvalue weighted by molar-refractivity contribution is 7.18. The third-order valence-corrected chi connectivity index (χ3v) is 5.79. The number of halogens is 3. The fourth-order valence-electron chi connectivity index (χ4n) is 2.74. The van der Waals surface area contributed by atoms with E-state index in [9.17, 15) is 9.59 Å². The van der Waals surface area contributed by atoms with Gasteiger partial charge in [-0.2, -0.15) is 0 Å². The van der Waals surface area contributed by atoms with Gasteiger partial charge in [0.05, 0.1) is 24.9 Å². The van der Waals surface area contributed by atoms with E-state index in [0.717, 1.165) is 6.42 Å². The number of carbonyl (C=O) groups excluding carboxylic acids is 2. The lowest BCUT2D eigenvalue weighted by Crippen LogP contribution is -2.42. The molecule has 1 aliphatic heterocycles. The molecule has 1 saturated heterocycles. The third kappa shape index (κ3) is 3.87. The minimum Gasteiger partial charge on any atom is -0.396 e. The molecule has 0 radical (unpaired) electrons. The molecule has 2 amide bonds. The van der Waals surface area contributed by atoms with E-state index in [-0.39, 0.29) is 27.5 Å². The van der Waals surface area contributed by atoms with Crippen molar-refractivity contribution in [3.63, 3.8) is 0 Å². The number of hydrogen-bond donors (Lipinski definition) is 2. The van der Waals surface area contributed by atoms with Crippen LogP contribution in [0.15, 0.2) is 24.3 Å². The third-order valence-electron chi connectivity index (χ3n) is 3.95. The molecule has 2 aromatic rings. The van der Waals surface area contributed by atoms with Crippen LogP contribution in [-0.2, 0) is 4.79 Å². The maximum Gasteiger partial charge on any atom is 0.264 e. The van der Waals surface area contributed by atoms with E-state index >= 15 is 0 Å². The summed E-state index contributed by atoms with van der Waals surface area (Å²) in [6.07, 6.45) is 1.35. The molecule has 9 heteroatoms. The first-order valence-corrected chi connectivity index (χ1v) is 9.43. The molecule has 3 rings (SSSR count). The second-order valence-electron chi connectivity index (χ2n) is 5.60. The van der Waals surface area contributed by atoms with Crippen LogP contribution in [0.4, 0.5) is 11.4 Å². The highest BCUT2D eigenvalue weighted by Gasteiger charge is 2.35. The fraction of sp³-hybridized carbons (Fsp3) is 0.250. The van der Waals surface area contributed by atoms with Crippen molar-refractivity contribution in [2.75, 3.05) is 17.6 Å². The molecule has 2 heterocycles. The molecule has 0 spiro atoms. The van der Waals surface area contributed by atoms with Crippen molar-refractivity contribution in [2.24, 2.45) is 0 Å². The molecule has 1 aromatic heterocycles. The SMILES string of the molecule is Nc1c(Cl)cc(NC(=O)[C@H]2CCCN2C(=O)c2ccc(Cl)s2)cc1Cl. The summed E-state index contributed by atoms with van der Waals surface area (Å²) in [5.41, 5.74) is 6.39. The van der Waals surface area contributed by atoms with Crippen molar-refractivity contribution in [3.05, 3.63) is 43.5 Å². The van der Waals surface area contributed by atoms with Crippen molar-refractivity contribution in [2.45, 2.75) is 18.9 Å². The average Bonchev–Trinajstić information content (AvgIpc) is 3.20. The Morgan fingerprint density at radius 1 is 1.20 bits per heavy atom. The lowest BCUT2D eigenvalue weighted by molar-refractivity contribution is -0.119. The molecule has 1 atom stereocenters. The summed E-state index contributed by atoms with van der Waals surface area (Å²) in [7, 11) is 0. The summed E-state index contributed by atoms with van der Waals surface area (Å²) in [6.45, 7) is 0.524. The van der Waals surface area contributed by atoms with Gasteiger partial charge in [-0.3, -0.25) is 9.59 Å². The number of nitrogen functional groups attached to an aromatic ring is 1. The Hall–Kier alpha value is -1.47. The Morgan fingerprint density at radius 3 is 2.48 bits per heavy atom. The highest BCUT2D eigenvalue weighted by Crippen LogP contribution is 2.32. The van der Waals surface area contributed by atoms with Gasteiger partial charge in [-0.05, 0) is 37.1 Å². The molecule has 25 heavy (non-hydrogen) atoms. The molecule has 1 aromatic carbocycles. The van der Waals surface area contributed by atoms with Gasteiger partial charge in [0.1, 0.15) is 6.04 Å². The van der Waals surface area contributed by atoms with Gasteiger partial charge >= 0.3 is 0 Å².